The summed E-state index contributed by atoms with van der Waals surface area (Å²) in [5, 5.41) is 3.92. The van der Waals surface area contributed by atoms with E-state index in [0.29, 0.717) is 45.1 Å². The molecule has 0 atom stereocenters. The predicted octanol–water partition coefficient (Wildman–Crippen LogP) is 1.81. The summed E-state index contributed by atoms with van der Waals surface area (Å²) in [5.74, 6) is 1.06. The maximum absolute atomic E-state index is 13.4. The molecule has 2 aliphatic rings. The van der Waals surface area contributed by atoms with E-state index in [1.165, 1.54) is 4.31 Å². The van der Waals surface area contributed by atoms with Gasteiger partial charge >= 0.3 is 0 Å². The smallest absolute Gasteiger partial charge is 0.248 e. The zero-order valence-electron chi connectivity index (χ0n) is 17.9. The van der Waals surface area contributed by atoms with Crippen molar-refractivity contribution in [2.75, 3.05) is 64.5 Å². The van der Waals surface area contributed by atoms with Crippen molar-refractivity contribution in [3.8, 4) is 5.75 Å². The minimum atomic E-state index is -3.71. The maximum Gasteiger partial charge on any atom is 0.248 e. The summed E-state index contributed by atoms with van der Waals surface area (Å²) in [5.41, 5.74) is 1.42. The van der Waals surface area contributed by atoms with Gasteiger partial charge in [-0.3, -0.25) is 0 Å². The maximum atomic E-state index is 13.4. The molecule has 3 heterocycles. The molecule has 2 aliphatic heterocycles. The average Bonchev–Trinajstić information content (AvgIpc) is 3.19. The summed E-state index contributed by atoms with van der Waals surface area (Å²) in [6.45, 7) is 6.50. The normalized spacial score (nSPS) is 18.6. The molecule has 2 aromatic rings. The molecular weight excluding hydrogens is 420 g/mol. The zero-order valence-corrected chi connectivity index (χ0v) is 18.7. The van der Waals surface area contributed by atoms with Crippen molar-refractivity contribution in [2.45, 2.75) is 11.8 Å². The Kier molecular flexibility index (Phi) is 6.49. The van der Waals surface area contributed by atoms with Gasteiger partial charge in [0, 0.05) is 57.2 Å². The highest BCUT2D eigenvalue weighted by atomic mass is 32.2. The zero-order chi connectivity index (χ0) is 21.8. The van der Waals surface area contributed by atoms with Gasteiger partial charge in [0.2, 0.25) is 10.0 Å². The van der Waals surface area contributed by atoms with Crippen LogP contribution in [0.2, 0.25) is 0 Å². The first kappa shape index (κ1) is 21.7. The molecule has 0 radical (unpaired) electrons. The molecule has 1 aromatic heterocycles. The molecule has 0 saturated carbocycles. The highest BCUT2D eigenvalue weighted by Gasteiger charge is 2.34. The standard InChI is InChI=1S/C21H28N4O5S/c1-17-21(20(30-22-17)7-8-23-13-15-29-16-14-23)31(26,27)25-11-9-24(10-12-25)18-3-5-19(28-2)6-4-18/h3-8H,9-16H2,1-2H3/b8-7+. The summed E-state index contributed by atoms with van der Waals surface area (Å²) < 4.78 is 44.2. The summed E-state index contributed by atoms with van der Waals surface area (Å²) in [7, 11) is -2.08. The van der Waals surface area contributed by atoms with Crippen molar-refractivity contribution >= 4 is 21.8 Å². The van der Waals surface area contributed by atoms with Gasteiger partial charge in [0.1, 0.15) is 11.4 Å². The predicted molar refractivity (Wildman–Crippen MR) is 117 cm³/mol. The minimum Gasteiger partial charge on any atom is -0.497 e. The second-order valence-corrected chi connectivity index (χ2v) is 9.39. The fourth-order valence-corrected chi connectivity index (χ4v) is 5.48. The van der Waals surface area contributed by atoms with E-state index in [9.17, 15) is 8.42 Å². The molecule has 0 bridgehead atoms. The van der Waals surface area contributed by atoms with Crippen LogP contribution in [0.1, 0.15) is 11.5 Å². The van der Waals surface area contributed by atoms with Crippen molar-refractivity contribution in [3.63, 3.8) is 0 Å². The molecule has 168 valence electrons. The van der Waals surface area contributed by atoms with E-state index in [2.05, 4.69) is 15.0 Å². The number of hydrogen-bond donors (Lipinski definition) is 0. The average molecular weight is 449 g/mol. The van der Waals surface area contributed by atoms with Crippen LogP contribution in [0.25, 0.3) is 6.08 Å². The number of methoxy groups -OCH3 is 1. The van der Waals surface area contributed by atoms with Gasteiger partial charge in [-0.2, -0.15) is 4.31 Å². The molecule has 1 aromatic carbocycles. The number of piperazine rings is 1. The van der Waals surface area contributed by atoms with Gasteiger partial charge in [-0.25, -0.2) is 8.42 Å². The van der Waals surface area contributed by atoms with E-state index in [1.807, 2.05) is 30.5 Å². The lowest BCUT2D eigenvalue weighted by molar-refractivity contribution is 0.0597. The first-order chi connectivity index (χ1) is 15.0. The van der Waals surface area contributed by atoms with E-state index in [0.717, 1.165) is 24.5 Å². The van der Waals surface area contributed by atoms with E-state index in [4.69, 9.17) is 14.0 Å². The number of anilines is 1. The second kappa shape index (κ2) is 9.29. The number of ether oxygens (including phenoxy) is 2. The first-order valence-corrected chi connectivity index (χ1v) is 11.8. The van der Waals surface area contributed by atoms with Crippen LogP contribution < -0.4 is 9.64 Å². The van der Waals surface area contributed by atoms with Crippen LogP contribution in [0, 0.1) is 6.92 Å². The van der Waals surface area contributed by atoms with Crippen molar-refractivity contribution in [3.05, 3.63) is 41.9 Å². The molecular formula is C21H28N4O5S. The van der Waals surface area contributed by atoms with Gasteiger partial charge in [-0.05, 0) is 31.2 Å². The highest BCUT2D eigenvalue weighted by molar-refractivity contribution is 7.89. The van der Waals surface area contributed by atoms with E-state index < -0.39 is 10.0 Å². The van der Waals surface area contributed by atoms with Crippen LogP contribution in [0.15, 0.2) is 39.9 Å². The van der Waals surface area contributed by atoms with Gasteiger partial charge in [0.05, 0.1) is 20.3 Å². The van der Waals surface area contributed by atoms with Gasteiger partial charge in [0.15, 0.2) is 10.7 Å². The van der Waals surface area contributed by atoms with Crippen molar-refractivity contribution in [2.24, 2.45) is 0 Å². The van der Waals surface area contributed by atoms with Gasteiger partial charge in [0.25, 0.3) is 0 Å². The molecule has 10 heteroatoms. The lowest BCUT2D eigenvalue weighted by atomic mass is 10.2. The number of sulfonamides is 1. The number of nitrogens with zero attached hydrogens (tertiary/aromatic N) is 4. The van der Waals surface area contributed by atoms with Crippen molar-refractivity contribution in [1.82, 2.24) is 14.4 Å². The lowest BCUT2D eigenvalue weighted by Crippen LogP contribution is -2.48. The molecule has 0 spiro atoms. The van der Waals surface area contributed by atoms with E-state index in [1.54, 1.807) is 20.1 Å². The number of aryl methyl sites for hydroxylation is 1. The van der Waals surface area contributed by atoms with Crippen LogP contribution in [0.3, 0.4) is 0 Å². The molecule has 2 saturated heterocycles. The summed E-state index contributed by atoms with van der Waals surface area (Å²) in [6, 6.07) is 7.79. The summed E-state index contributed by atoms with van der Waals surface area (Å²) in [4.78, 5) is 4.39. The van der Waals surface area contributed by atoms with E-state index >= 15 is 0 Å². The largest absolute Gasteiger partial charge is 0.497 e. The van der Waals surface area contributed by atoms with Crippen LogP contribution in [0.4, 0.5) is 5.69 Å². The van der Waals surface area contributed by atoms with Gasteiger partial charge in [-0.1, -0.05) is 5.16 Å². The molecule has 9 nitrogen and oxygen atoms in total. The Bertz CT molecular complexity index is 1000. The lowest BCUT2D eigenvalue weighted by Gasteiger charge is -2.35. The molecule has 0 aliphatic carbocycles. The monoisotopic (exact) mass is 448 g/mol. The summed E-state index contributed by atoms with van der Waals surface area (Å²) in [6.07, 6.45) is 3.54. The number of morpholine rings is 1. The SMILES string of the molecule is COc1ccc(N2CCN(S(=O)(=O)c3c(C)noc3/C=C/N3CCOCC3)CC2)cc1. The second-order valence-electron chi connectivity index (χ2n) is 7.51. The first-order valence-electron chi connectivity index (χ1n) is 10.3. The Labute approximate surface area is 182 Å². The number of aromatic nitrogens is 1. The van der Waals surface area contributed by atoms with Gasteiger partial charge in [-0.15, -0.1) is 0 Å². The third kappa shape index (κ3) is 4.70. The number of rotatable bonds is 6. The van der Waals surface area contributed by atoms with Crippen LogP contribution in [-0.4, -0.2) is 82.4 Å². The molecule has 4 rings (SSSR count). The third-order valence-electron chi connectivity index (χ3n) is 5.59. The molecule has 0 amide bonds. The van der Waals surface area contributed by atoms with Crippen LogP contribution in [-0.2, 0) is 14.8 Å². The topological polar surface area (TPSA) is 88.3 Å². The van der Waals surface area contributed by atoms with Gasteiger partial charge < -0.3 is 23.8 Å². The Morgan fingerprint density at radius 2 is 1.71 bits per heavy atom. The highest BCUT2D eigenvalue weighted by Crippen LogP contribution is 2.27. The Hall–Kier alpha value is -2.56. The molecule has 31 heavy (non-hydrogen) atoms. The Balaban J connectivity index is 1.46. The number of benzene rings is 1. The summed E-state index contributed by atoms with van der Waals surface area (Å²) >= 11 is 0. The third-order valence-corrected chi connectivity index (χ3v) is 7.65. The minimum absolute atomic E-state index is 0.148. The molecule has 2 fully saturated rings. The quantitative estimate of drug-likeness (QED) is 0.661. The van der Waals surface area contributed by atoms with Crippen molar-refractivity contribution in [1.29, 1.82) is 0 Å². The molecule has 0 N–H and O–H groups in total. The Morgan fingerprint density at radius 1 is 1.03 bits per heavy atom. The van der Waals surface area contributed by atoms with Crippen molar-refractivity contribution < 1.29 is 22.4 Å². The fourth-order valence-electron chi connectivity index (χ4n) is 3.81. The van der Waals surface area contributed by atoms with E-state index in [-0.39, 0.29) is 10.7 Å². The van der Waals surface area contributed by atoms with Crippen LogP contribution in [0.5, 0.6) is 5.75 Å². The molecule has 0 unspecified atom stereocenters. The Morgan fingerprint density at radius 3 is 2.35 bits per heavy atom. The van der Waals surface area contributed by atoms with Crippen LogP contribution >= 0.6 is 0 Å². The number of hydrogen-bond acceptors (Lipinski definition) is 8. The fraction of sp³-hybridized carbons (Fsp3) is 0.476.